The van der Waals surface area contributed by atoms with E-state index >= 15 is 0 Å². The molecule has 1 rings (SSSR count). The summed E-state index contributed by atoms with van der Waals surface area (Å²) in [7, 11) is 1.55. The number of carbonyl (C=O) groups excluding carboxylic acids is 2. The van der Waals surface area contributed by atoms with Crippen molar-refractivity contribution in [3.63, 3.8) is 0 Å². The Hall–Kier alpha value is -1.84. The first kappa shape index (κ1) is 12.2. The van der Waals surface area contributed by atoms with E-state index in [4.69, 9.17) is 4.74 Å². The molecule has 0 atom stereocenters. The molecule has 0 aromatic heterocycles. The minimum absolute atomic E-state index is 0.0611. The summed E-state index contributed by atoms with van der Waals surface area (Å²) in [4.78, 5) is 22.3. The molecule has 0 heterocycles. The summed E-state index contributed by atoms with van der Waals surface area (Å²) in [5.74, 6) is 0.505. The van der Waals surface area contributed by atoms with Crippen LogP contribution in [0.15, 0.2) is 24.3 Å². The molecule has 0 aliphatic carbocycles. The Balaban J connectivity index is 2.55. The molecular weight excluding hydrogens is 206 g/mol. The number of nitrogens with one attached hydrogen (secondary N) is 1. The molecule has 1 aromatic carbocycles. The van der Waals surface area contributed by atoms with Crippen LogP contribution in [0.3, 0.4) is 0 Å². The molecule has 86 valence electrons. The molecule has 0 radical (unpaired) electrons. The maximum atomic E-state index is 11.6. The monoisotopic (exact) mass is 221 g/mol. The van der Waals surface area contributed by atoms with Gasteiger partial charge in [-0.25, -0.2) is 0 Å². The summed E-state index contributed by atoms with van der Waals surface area (Å²) in [5.41, 5.74) is 0.530. The number of ether oxygens (including phenoxy) is 1. The number of benzene rings is 1. The molecule has 0 saturated carbocycles. The number of ketones is 1. The number of rotatable bonds is 5. The summed E-state index contributed by atoms with van der Waals surface area (Å²) in [6, 6.07) is 6.87. The molecule has 0 aliphatic heterocycles. The maximum Gasteiger partial charge on any atom is 0.251 e. The van der Waals surface area contributed by atoms with E-state index in [9.17, 15) is 9.59 Å². The molecule has 4 nitrogen and oxygen atoms in total. The Bertz CT molecular complexity index is 388. The second-order valence-electron chi connectivity index (χ2n) is 3.44. The molecule has 0 spiro atoms. The number of Topliss-reactive ketones (excluding diaryl/α,β-unsaturated/α-hetero) is 1. The predicted molar refractivity (Wildman–Crippen MR) is 60.6 cm³/mol. The quantitative estimate of drug-likeness (QED) is 0.817. The lowest BCUT2D eigenvalue weighted by Crippen LogP contribution is -2.25. The predicted octanol–water partition coefficient (Wildman–Crippen LogP) is 1.40. The third-order valence-corrected chi connectivity index (χ3v) is 2.09. The number of hydrogen-bond acceptors (Lipinski definition) is 3. The first-order valence-electron chi connectivity index (χ1n) is 5.05. The molecule has 16 heavy (non-hydrogen) atoms. The van der Waals surface area contributed by atoms with Crippen molar-refractivity contribution in [2.75, 3.05) is 13.7 Å². The lowest BCUT2D eigenvalue weighted by molar-refractivity contribution is -0.116. The van der Waals surface area contributed by atoms with Gasteiger partial charge in [0, 0.05) is 18.5 Å². The van der Waals surface area contributed by atoms with E-state index in [1.165, 1.54) is 6.92 Å². The van der Waals surface area contributed by atoms with E-state index in [0.29, 0.717) is 24.3 Å². The van der Waals surface area contributed by atoms with E-state index in [1.54, 1.807) is 31.4 Å². The van der Waals surface area contributed by atoms with Gasteiger partial charge in [-0.1, -0.05) is 6.07 Å². The molecule has 0 fully saturated rings. The molecule has 0 unspecified atom stereocenters. The molecule has 4 heteroatoms. The molecule has 0 bridgehead atoms. The van der Waals surface area contributed by atoms with E-state index in [2.05, 4.69) is 5.32 Å². The van der Waals surface area contributed by atoms with Gasteiger partial charge in [-0.3, -0.25) is 9.59 Å². The Morgan fingerprint density at radius 1 is 1.38 bits per heavy atom. The molecule has 1 N–H and O–H groups in total. The normalized spacial score (nSPS) is 9.62. The Labute approximate surface area is 94.6 Å². The lowest BCUT2D eigenvalue weighted by Gasteiger charge is -2.05. The Morgan fingerprint density at radius 2 is 2.12 bits per heavy atom. The van der Waals surface area contributed by atoms with Crippen LogP contribution in [0.25, 0.3) is 0 Å². The van der Waals surface area contributed by atoms with Gasteiger partial charge in [-0.05, 0) is 25.1 Å². The number of methoxy groups -OCH3 is 1. The number of hydrogen-bond donors (Lipinski definition) is 1. The zero-order chi connectivity index (χ0) is 12.0. The van der Waals surface area contributed by atoms with Gasteiger partial charge in [0.25, 0.3) is 5.91 Å². The minimum atomic E-state index is -0.194. The molecule has 0 aliphatic rings. The van der Waals surface area contributed by atoms with Crippen molar-refractivity contribution in [2.45, 2.75) is 13.3 Å². The van der Waals surface area contributed by atoms with E-state index in [-0.39, 0.29) is 11.7 Å². The van der Waals surface area contributed by atoms with E-state index in [1.807, 2.05) is 0 Å². The van der Waals surface area contributed by atoms with Crippen molar-refractivity contribution < 1.29 is 14.3 Å². The van der Waals surface area contributed by atoms with Crippen LogP contribution in [0, 0.1) is 0 Å². The largest absolute Gasteiger partial charge is 0.497 e. The highest BCUT2D eigenvalue weighted by Crippen LogP contribution is 2.12. The molecular formula is C12H15NO3. The Kier molecular flexibility index (Phi) is 4.51. The SMILES string of the molecule is COc1cccc(C(=O)NCCC(C)=O)c1. The first-order valence-corrected chi connectivity index (χ1v) is 5.05. The van der Waals surface area contributed by atoms with Crippen LogP contribution in [0.2, 0.25) is 0 Å². The standard InChI is InChI=1S/C12H15NO3/c1-9(14)6-7-13-12(15)10-4-3-5-11(8-10)16-2/h3-5,8H,6-7H2,1-2H3,(H,13,15). The van der Waals surface area contributed by atoms with Gasteiger partial charge in [-0.2, -0.15) is 0 Å². The first-order chi connectivity index (χ1) is 7.63. The topological polar surface area (TPSA) is 55.4 Å². The summed E-state index contributed by atoms with van der Waals surface area (Å²) < 4.78 is 5.01. The summed E-state index contributed by atoms with van der Waals surface area (Å²) in [6.45, 7) is 1.86. The minimum Gasteiger partial charge on any atom is -0.497 e. The van der Waals surface area contributed by atoms with Gasteiger partial charge in [0.1, 0.15) is 11.5 Å². The van der Waals surface area contributed by atoms with Gasteiger partial charge >= 0.3 is 0 Å². The van der Waals surface area contributed by atoms with Crippen molar-refractivity contribution in [1.82, 2.24) is 5.32 Å². The maximum absolute atomic E-state index is 11.6. The van der Waals surface area contributed by atoms with Crippen LogP contribution in [-0.2, 0) is 4.79 Å². The zero-order valence-corrected chi connectivity index (χ0v) is 9.45. The summed E-state index contributed by atoms with van der Waals surface area (Å²) in [5, 5.41) is 2.67. The highest BCUT2D eigenvalue weighted by atomic mass is 16.5. The second-order valence-corrected chi connectivity index (χ2v) is 3.44. The van der Waals surface area contributed by atoms with Crippen LogP contribution in [-0.4, -0.2) is 25.3 Å². The number of amides is 1. The second kappa shape index (κ2) is 5.90. The van der Waals surface area contributed by atoms with Crippen LogP contribution in [0.5, 0.6) is 5.75 Å². The van der Waals surface area contributed by atoms with Crippen LogP contribution < -0.4 is 10.1 Å². The van der Waals surface area contributed by atoms with Crippen LogP contribution in [0.1, 0.15) is 23.7 Å². The van der Waals surface area contributed by atoms with Crippen molar-refractivity contribution in [2.24, 2.45) is 0 Å². The third-order valence-electron chi connectivity index (χ3n) is 2.09. The van der Waals surface area contributed by atoms with Crippen LogP contribution in [0.4, 0.5) is 0 Å². The smallest absolute Gasteiger partial charge is 0.251 e. The van der Waals surface area contributed by atoms with Crippen molar-refractivity contribution in [3.05, 3.63) is 29.8 Å². The number of carbonyl (C=O) groups is 2. The van der Waals surface area contributed by atoms with Gasteiger partial charge < -0.3 is 10.1 Å². The average Bonchev–Trinajstić information content (AvgIpc) is 2.28. The van der Waals surface area contributed by atoms with E-state index < -0.39 is 0 Å². The van der Waals surface area contributed by atoms with Gasteiger partial charge in [0.2, 0.25) is 0 Å². The summed E-state index contributed by atoms with van der Waals surface area (Å²) >= 11 is 0. The molecule has 0 saturated heterocycles. The van der Waals surface area contributed by atoms with Gasteiger partial charge in [0.15, 0.2) is 0 Å². The fourth-order valence-electron chi connectivity index (χ4n) is 1.22. The summed E-state index contributed by atoms with van der Waals surface area (Å²) in [6.07, 6.45) is 0.357. The molecule has 1 aromatic rings. The fourth-order valence-corrected chi connectivity index (χ4v) is 1.22. The average molecular weight is 221 g/mol. The van der Waals surface area contributed by atoms with Crippen molar-refractivity contribution in [3.8, 4) is 5.75 Å². The lowest BCUT2D eigenvalue weighted by atomic mass is 10.2. The van der Waals surface area contributed by atoms with Gasteiger partial charge in [-0.15, -0.1) is 0 Å². The van der Waals surface area contributed by atoms with Gasteiger partial charge in [0.05, 0.1) is 7.11 Å². The van der Waals surface area contributed by atoms with Crippen molar-refractivity contribution in [1.29, 1.82) is 0 Å². The zero-order valence-electron chi connectivity index (χ0n) is 9.45. The fraction of sp³-hybridized carbons (Fsp3) is 0.333. The Morgan fingerprint density at radius 3 is 2.75 bits per heavy atom. The van der Waals surface area contributed by atoms with Crippen LogP contribution >= 0.6 is 0 Å². The van der Waals surface area contributed by atoms with E-state index in [0.717, 1.165) is 0 Å². The highest BCUT2D eigenvalue weighted by Gasteiger charge is 2.05. The third kappa shape index (κ3) is 3.73. The molecule has 1 amide bonds. The highest BCUT2D eigenvalue weighted by molar-refractivity contribution is 5.94. The van der Waals surface area contributed by atoms with Crippen molar-refractivity contribution >= 4 is 11.7 Å².